The molecular formula is C18H28ClNO. The van der Waals surface area contributed by atoms with Gasteiger partial charge in [0.25, 0.3) is 0 Å². The van der Waals surface area contributed by atoms with Gasteiger partial charge in [0.2, 0.25) is 0 Å². The molecule has 1 unspecified atom stereocenters. The van der Waals surface area contributed by atoms with Crippen LogP contribution in [0.1, 0.15) is 63.5 Å². The minimum absolute atomic E-state index is 0.358. The number of rotatable bonds is 6. The van der Waals surface area contributed by atoms with E-state index in [1.807, 2.05) is 12.1 Å². The van der Waals surface area contributed by atoms with E-state index in [-0.39, 0.29) is 0 Å². The van der Waals surface area contributed by atoms with Gasteiger partial charge >= 0.3 is 0 Å². The Balaban J connectivity index is 2.27. The number of ether oxygens (including phenoxy) is 1. The molecule has 1 saturated carbocycles. The van der Waals surface area contributed by atoms with E-state index in [2.05, 4.69) is 18.3 Å². The van der Waals surface area contributed by atoms with Gasteiger partial charge < -0.3 is 10.1 Å². The van der Waals surface area contributed by atoms with E-state index in [1.165, 1.54) is 44.1 Å². The fourth-order valence-corrected chi connectivity index (χ4v) is 3.60. The van der Waals surface area contributed by atoms with Crippen LogP contribution in [0.15, 0.2) is 18.2 Å². The SMILES string of the molecule is CCCNC(c1cc(Cl)ccc1OC)C1CCCCCC1. The van der Waals surface area contributed by atoms with Crippen LogP contribution in [0.25, 0.3) is 0 Å². The van der Waals surface area contributed by atoms with Gasteiger partial charge in [0.15, 0.2) is 0 Å². The zero-order valence-electron chi connectivity index (χ0n) is 13.3. The van der Waals surface area contributed by atoms with Crippen molar-refractivity contribution in [2.24, 2.45) is 5.92 Å². The molecule has 0 radical (unpaired) electrons. The molecule has 118 valence electrons. The lowest BCUT2D eigenvalue weighted by atomic mass is 9.86. The second kappa shape index (κ2) is 8.65. The fraction of sp³-hybridized carbons (Fsp3) is 0.667. The molecule has 0 spiro atoms. The van der Waals surface area contributed by atoms with E-state index in [1.54, 1.807) is 7.11 Å². The Labute approximate surface area is 134 Å². The summed E-state index contributed by atoms with van der Waals surface area (Å²) in [6.07, 6.45) is 9.20. The first kappa shape index (κ1) is 16.6. The molecule has 0 heterocycles. The van der Waals surface area contributed by atoms with Crippen LogP contribution < -0.4 is 10.1 Å². The maximum Gasteiger partial charge on any atom is 0.123 e. The molecule has 0 saturated heterocycles. The van der Waals surface area contributed by atoms with Gasteiger partial charge in [-0.1, -0.05) is 44.2 Å². The molecule has 0 aromatic heterocycles. The summed E-state index contributed by atoms with van der Waals surface area (Å²) in [5, 5.41) is 4.54. The van der Waals surface area contributed by atoms with Gasteiger partial charge in [0.1, 0.15) is 5.75 Å². The lowest BCUT2D eigenvalue weighted by Gasteiger charge is -2.29. The summed E-state index contributed by atoms with van der Waals surface area (Å²) in [5.74, 6) is 1.64. The summed E-state index contributed by atoms with van der Waals surface area (Å²) in [5.41, 5.74) is 1.23. The third kappa shape index (κ3) is 4.62. The highest BCUT2D eigenvalue weighted by Crippen LogP contribution is 2.38. The Morgan fingerprint density at radius 2 is 1.95 bits per heavy atom. The molecular weight excluding hydrogens is 282 g/mol. The van der Waals surface area contributed by atoms with Gasteiger partial charge in [-0.3, -0.25) is 0 Å². The van der Waals surface area contributed by atoms with Crippen molar-refractivity contribution < 1.29 is 4.74 Å². The van der Waals surface area contributed by atoms with Crippen molar-refractivity contribution in [2.75, 3.05) is 13.7 Å². The lowest BCUT2D eigenvalue weighted by molar-refractivity contribution is 0.313. The van der Waals surface area contributed by atoms with E-state index in [9.17, 15) is 0 Å². The third-order valence-corrected chi connectivity index (χ3v) is 4.75. The summed E-state index contributed by atoms with van der Waals surface area (Å²) in [7, 11) is 1.75. The minimum Gasteiger partial charge on any atom is -0.496 e. The highest BCUT2D eigenvalue weighted by atomic mass is 35.5. The van der Waals surface area contributed by atoms with Gasteiger partial charge in [-0.05, 0) is 49.9 Å². The van der Waals surface area contributed by atoms with Gasteiger partial charge in [0, 0.05) is 16.6 Å². The van der Waals surface area contributed by atoms with Crippen molar-refractivity contribution in [3.05, 3.63) is 28.8 Å². The second-order valence-electron chi connectivity index (χ2n) is 6.07. The maximum atomic E-state index is 6.24. The smallest absolute Gasteiger partial charge is 0.123 e. The van der Waals surface area contributed by atoms with Crippen LogP contribution >= 0.6 is 11.6 Å². The average Bonchev–Trinajstić information content (AvgIpc) is 2.77. The summed E-state index contributed by atoms with van der Waals surface area (Å²) < 4.78 is 5.58. The Kier molecular flexibility index (Phi) is 6.85. The molecule has 0 aliphatic heterocycles. The first-order valence-electron chi connectivity index (χ1n) is 8.33. The Morgan fingerprint density at radius 1 is 1.24 bits per heavy atom. The van der Waals surface area contributed by atoms with Crippen molar-refractivity contribution in [2.45, 2.75) is 57.9 Å². The summed E-state index contributed by atoms with van der Waals surface area (Å²) in [6, 6.07) is 6.35. The first-order valence-corrected chi connectivity index (χ1v) is 8.71. The molecule has 1 N–H and O–H groups in total. The van der Waals surface area contributed by atoms with Crippen LogP contribution in [-0.2, 0) is 0 Å². The van der Waals surface area contributed by atoms with Gasteiger partial charge in [0.05, 0.1) is 7.11 Å². The third-order valence-electron chi connectivity index (χ3n) is 4.51. The molecule has 1 atom stereocenters. The summed E-state index contributed by atoms with van der Waals surface area (Å²) in [6.45, 7) is 3.25. The van der Waals surface area contributed by atoms with Crippen molar-refractivity contribution in [1.82, 2.24) is 5.32 Å². The van der Waals surface area contributed by atoms with E-state index in [4.69, 9.17) is 16.3 Å². The topological polar surface area (TPSA) is 21.3 Å². The number of halogens is 1. The predicted molar refractivity (Wildman–Crippen MR) is 90.2 cm³/mol. The number of methoxy groups -OCH3 is 1. The average molecular weight is 310 g/mol. The minimum atomic E-state index is 0.358. The first-order chi connectivity index (χ1) is 10.3. The zero-order chi connectivity index (χ0) is 15.1. The monoisotopic (exact) mass is 309 g/mol. The Hall–Kier alpha value is -0.730. The molecule has 0 bridgehead atoms. The highest BCUT2D eigenvalue weighted by Gasteiger charge is 2.26. The largest absolute Gasteiger partial charge is 0.496 e. The van der Waals surface area contributed by atoms with Gasteiger partial charge in [-0.15, -0.1) is 0 Å². The van der Waals surface area contributed by atoms with E-state index in [0.29, 0.717) is 12.0 Å². The molecule has 1 aromatic rings. The summed E-state index contributed by atoms with van der Waals surface area (Å²) >= 11 is 6.24. The number of nitrogens with one attached hydrogen (secondary N) is 1. The maximum absolute atomic E-state index is 6.24. The predicted octanol–water partition coefficient (Wildman–Crippen LogP) is 5.36. The summed E-state index contributed by atoms with van der Waals surface area (Å²) in [4.78, 5) is 0. The van der Waals surface area contributed by atoms with E-state index < -0.39 is 0 Å². The van der Waals surface area contributed by atoms with E-state index >= 15 is 0 Å². The molecule has 1 fully saturated rings. The quantitative estimate of drug-likeness (QED) is 0.714. The highest BCUT2D eigenvalue weighted by molar-refractivity contribution is 6.30. The lowest BCUT2D eigenvalue weighted by Crippen LogP contribution is -2.29. The van der Waals surface area contributed by atoms with Gasteiger partial charge in [-0.25, -0.2) is 0 Å². The Bertz CT molecular complexity index is 427. The van der Waals surface area contributed by atoms with Crippen LogP contribution in [-0.4, -0.2) is 13.7 Å². The molecule has 0 amide bonds. The van der Waals surface area contributed by atoms with Crippen molar-refractivity contribution in [3.8, 4) is 5.75 Å². The fourth-order valence-electron chi connectivity index (χ4n) is 3.42. The van der Waals surface area contributed by atoms with Crippen LogP contribution in [0.2, 0.25) is 5.02 Å². The van der Waals surface area contributed by atoms with Crippen LogP contribution in [0.4, 0.5) is 0 Å². The standard InChI is InChI=1S/C18H28ClNO/c1-3-12-20-18(14-8-6-4-5-7-9-14)16-13-15(19)10-11-17(16)21-2/h10-11,13-14,18,20H,3-9,12H2,1-2H3. The van der Waals surface area contributed by atoms with E-state index in [0.717, 1.165) is 23.7 Å². The van der Waals surface area contributed by atoms with Crippen LogP contribution in [0.3, 0.4) is 0 Å². The van der Waals surface area contributed by atoms with Crippen molar-refractivity contribution in [1.29, 1.82) is 0 Å². The number of hydrogen-bond donors (Lipinski definition) is 1. The molecule has 1 aliphatic rings. The number of benzene rings is 1. The molecule has 1 aliphatic carbocycles. The molecule has 1 aromatic carbocycles. The Morgan fingerprint density at radius 3 is 2.57 bits per heavy atom. The molecule has 2 nitrogen and oxygen atoms in total. The zero-order valence-corrected chi connectivity index (χ0v) is 14.1. The van der Waals surface area contributed by atoms with Crippen LogP contribution in [0, 0.1) is 5.92 Å². The molecule has 21 heavy (non-hydrogen) atoms. The molecule has 3 heteroatoms. The number of hydrogen-bond acceptors (Lipinski definition) is 2. The van der Waals surface area contributed by atoms with Crippen molar-refractivity contribution >= 4 is 11.6 Å². The van der Waals surface area contributed by atoms with Gasteiger partial charge in [-0.2, -0.15) is 0 Å². The normalized spacial score (nSPS) is 18.2. The van der Waals surface area contributed by atoms with Crippen LogP contribution in [0.5, 0.6) is 5.75 Å². The second-order valence-corrected chi connectivity index (χ2v) is 6.51. The molecule has 2 rings (SSSR count). The van der Waals surface area contributed by atoms with Crippen molar-refractivity contribution in [3.63, 3.8) is 0 Å².